The van der Waals surface area contributed by atoms with Gasteiger partial charge in [-0.25, -0.2) is 4.99 Å². The largest absolute Gasteiger partial charge is 0.390 e. The van der Waals surface area contributed by atoms with Gasteiger partial charge in [0.15, 0.2) is 0 Å². The molecule has 35 heavy (non-hydrogen) atoms. The number of amides is 1. The van der Waals surface area contributed by atoms with Gasteiger partial charge in [0.25, 0.3) is 0 Å². The number of carbonyl (C=O) groups is 1. The number of nitrogens with one attached hydrogen (secondary N) is 1. The molecule has 11 nitrogen and oxygen atoms in total. The molecule has 0 saturated carbocycles. The van der Waals surface area contributed by atoms with Crippen molar-refractivity contribution >= 4 is 35.7 Å². The highest BCUT2D eigenvalue weighted by atomic mass is 35.5. The predicted octanol–water partition coefficient (Wildman–Crippen LogP) is 1.24. The Morgan fingerprint density at radius 3 is 2.74 bits per heavy atom. The van der Waals surface area contributed by atoms with Crippen molar-refractivity contribution in [3.63, 3.8) is 0 Å². The van der Waals surface area contributed by atoms with E-state index in [1.165, 1.54) is 6.34 Å². The van der Waals surface area contributed by atoms with Gasteiger partial charge in [-0.3, -0.25) is 19.4 Å². The lowest BCUT2D eigenvalue weighted by Crippen LogP contribution is -2.37. The van der Waals surface area contributed by atoms with Crippen molar-refractivity contribution < 1.29 is 14.3 Å². The number of nitrogens with zero attached hydrogens (tertiary/aromatic N) is 6. The Morgan fingerprint density at radius 2 is 1.94 bits per heavy atom. The number of aliphatic imine (C=N–C) groups is 2. The van der Waals surface area contributed by atoms with Crippen LogP contribution in [0.2, 0.25) is 0 Å². The normalized spacial score (nSPS) is 18.9. The van der Waals surface area contributed by atoms with E-state index < -0.39 is 0 Å². The van der Waals surface area contributed by atoms with Crippen molar-refractivity contribution in [3.8, 4) is 0 Å². The molecule has 0 bridgehead atoms. The Bertz CT molecular complexity index is 895. The first-order valence-electron chi connectivity index (χ1n) is 12.2. The van der Waals surface area contributed by atoms with Gasteiger partial charge in [-0.2, -0.15) is 5.10 Å². The second-order valence-corrected chi connectivity index (χ2v) is 8.83. The maximum Gasteiger partial charge on any atom is 0.224 e. The van der Waals surface area contributed by atoms with Gasteiger partial charge in [-0.15, -0.1) is 0 Å². The fraction of sp³-hybridized carbons (Fsp3) is 0.652. The highest BCUT2D eigenvalue weighted by molar-refractivity contribution is 6.39. The number of hydrogen-bond donors (Lipinski definition) is 2. The molecule has 12 heteroatoms. The first-order valence-corrected chi connectivity index (χ1v) is 12.6. The Kier molecular flexibility index (Phi) is 11.5. The Hall–Kier alpha value is -2.47. The maximum absolute atomic E-state index is 12.1. The van der Waals surface area contributed by atoms with Crippen LogP contribution in [0.25, 0.3) is 0 Å². The molecule has 0 aliphatic carbocycles. The molecule has 2 aliphatic rings. The molecule has 0 atom stereocenters. The van der Waals surface area contributed by atoms with Crippen molar-refractivity contribution in [3.05, 3.63) is 22.7 Å². The summed E-state index contributed by atoms with van der Waals surface area (Å²) in [5.74, 6) is 0.555. The van der Waals surface area contributed by atoms with Crippen LogP contribution in [0.4, 0.5) is 5.69 Å². The van der Waals surface area contributed by atoms with E-state index in [1.807, 2.05) is 22.7 Å². The van der Waals surface area contributed by atoms with E-state index in [0.717, 1.165) is 63.6 Å². The molecule has 0 unspecified atom stereocenters. The number of rotatable bonds is 12. The third-order valence-electron chi connectivity index (χ3n) is 5.85. The third kappa shape index (κ3) is 9.25. The number of halogens is 1. The minimum Gasteiger partial charge on any atom is -0.390 e. The molecule has 194 valence electrons. The number of allylic oxidation sites excluding steroid dienone is 1. The van der Waals surface area contributed by atoms with Gasteiger partial charge < -0.3 is 25.4 Å². The summed E-state index contributed by atoms with van der Waals surface area (Å²) in [7, 11) is 0. The molecule has 1 amide bonds. The van der Waals surface area contributed by atoms with Crippen molar-refractivity contribution in [1.29, 1.82) is 0 Å². The van der Waals surface area contributed by atoms with E-state index in [2.05, 4.69) is 25.3 Å². The highest BCUT2D eigenvalue weighted by Crippen LogP contribution is 2.18. The quantitative estimate of drug-likeness (QED) is 0.247. The summed E-state index contributed by atoms with van der Waals surface area (Å²) in [4.78, 5) is 24.9. The molecule has 1 aromatic rings. The lowest BCUT2D eigenvalue weighted by molar-refractivity contribution is -0.130. The number of hydrogen-bond acceptors (Lipinski definition) is 8. The molecule has 2 fully saturated rings. The minimum atomic E-state index is 0.125. The number of morpholine rings is 1. The SMILES string of the molecule is Cc1nn(CCCN2CCOCC2)cc1\N=C/C(Cl)=C(\N=C\N)NCCCN1CCOCCC1=O. The van der Waals surface area contributed by atoms with Crippen LogP contribution in [0.5, 0.6) is 0 Å². The molecule has 1 aromatic heterocycles. The molecule has 2 aliphatic heterocycles. The minimum absolute atomic E-state index is 0.125. The van der Waals surface area contributed by atoms with Gasteiger partial charge in [0.2, 0.25) is 5.91 Å². The van der Waals surface area contributed by atoms with Gasteiger partial charge in [0, 0.05) is 45.8 Å². The van der Waals surface area contributed by atoms with E-state index >= 15 is 0 Å². The van der Waals surface area contributed by atoms with E-state index in [0.29, 0.717) is 50.1 Å². The summed E-state index contributed by atoms with van der Waals surface area (Å²) in [5, 5.41) is 8.08. The van der Waals surface area contributed by atoms with Crippen LogP contribution < -0.4 is 11.1 Å². The smallest absolute Gasteiger partial charge is 0.224 e. The first-order chi connectivity index (χ1) is 17.1. The molecule has 3 N–H and O–H groups in total. The summed E-state index contributed by atoms with van der Waals surface area (Å²) in [6.45, 7) is 10.3. The van der Waals surface area contributed by atoms with Crippen LogP contribution in [-0.2, 0) is 20.8 Å². The fourth-order valence-corrected chi connectivity index (χ4v) is 4.08. The van der Waals surface area contributed by atoms with Gasteiger partial charge in [0.1, 0.15) is 16.5 Å². The predicted molar refractivity (Wildman–Crippen MR) is 137 cm³/mol. The second kappa shape index (κ2) is 14.8. The molecular formula is C23H37ClN8O3. The van der Waals surface area contributed by atoms with Crippen LogP contribution in [0.15, 0.2) is 27.0 Å². The zero-order valence-corrected chi connectivity index (χ0v) is 21.3. The number of aromatic nitrogens is 2. The summed E-state index contributed by atoms with van der Waals surface area (Å²) >= 11 is 6.45. The van der Waals surface area contributed by atoms with E-state index in [9.17, 15) is 4.79 Å². The zero-order chi connectivity index (χ0) is 24.9. The standard InChI is InChI=1S/C23H37ClN8O3/c1-19-21(17-32(29-19)8-3-6-30-9-13-35-14-10-30)27-16-20(24)23(28-18-25)26-5-2-7-31-11-15-34-12-4-22(31)33/h16-18,26H,2-15H2,1H3,(H2,25,28)/b23-20+,27-16-. The molecular weight excluding hydrogens is 472 g/mol. The number of ether oxygens (including phenoxy) is 2. The van der Waals surface area contributed by atoms with Crippen molar-refractivity contribution in [1.82, 2.24) is 24.9 Å². The van der Waals surface area contributed by atoms with Crippen molar-refractivity contribution in [2.24, 2.45) is 15.7 Å². The van der Waals surface area contributed by atoms with E-state index in [1.54, 1.807) is 6.21 Å². The summed E-state index contributed by atoms with van der Waals surface area (Å²) in [5.41, 5.74) is 7.09. The van der Waals surface area contributed by atoms with Gasteiger partial charge >= 0.3 is 0 Å². The molecule has 3 rings (SSSR count). The number of carbonyl (C=O) groups excluding carboxylic acids is 1. The average Bonchev–Trinajstić information content (AvgIpc) is 3.08. The average molecular weight is 509 g/mol. The van der Waals surface area contributed by atoms with E-state index in [4.69, 9.17) is 26.8 Å². The zero-order valence-electron chi connectivity index (χ0n) is 20.5. The Morgan fingerprint density at radius 1 is 1.17 bits per heavy atom. The van der Waals surface area contributed by atoms with Crippen LogP contribution in [0.3, 0.4) is 0 Å². The Labute approximate surface area is 212 Å². The summed E-state index contributed by atoms with van der Waals surface area (Å²) in [6, 6.07) is 0. The topological polar surface area (TPSA) is 123 Å². The van der Waals surface area contributed by atoms with Crippen molar-refractivity contribution in [2.75, 3.05) is 65.7 Å². The first kappa shape index (κ1) is 27.1. The van der Waals surface area contributed by atoms with Crippen molar-refractivity contribution in [2.45, 2.75) is 32.7 Å². The monoisotopic (exact) mass is 508 g/mol. The van der Waals surface area contributed by atoms with Crippen LogP contribution >= 0.6 is 11.6 Å². The lowest BCUT2D eigenvalue weighted by atomic mass is 10.3. The van der Waals surface area contributed by atoms with Crippen LogP contribution in [0.1, 0.15) is 25.0 Å². The summed E-state index contributed by atoms with van der Waals surface area (Å²) < 4.78 is 12.7. The fourth-order valence-electron chi connectivity index (χ4n) is 3.92. The number of aryl methyl sites for hydroxylation is 2. The maximum atomic E-state index is 12.1. The van der Waals surface area contributed by atoms with E-state index in [-0.39, 0.29) is 5.91 Å². The van der Waals surface area contributed by atoms with Gasteiger partial charge in [-0.1, -0.05) is 11.6 Å². The lowest BCUT2D eigenvalue weighted by Gasteiger charge is -2.26. The molecule has 3 heterocycles. The molecule has 0 aromatic carbocycles. The van der Waals surface area contributed by atoms with Crippen LogP contribution in [-0.4, -0.2) is 104 Å². The number of nitrogens with two attached hydrogens (primary N) is 1. The summed E-state index contributed by atoms with van der Waals surface area (Å²) in [6.07, 6.45) is 6.85. The highest BCUT2D eigenvalue weighted by Gasteiger charge is 2.16. The molecule has 0 spiro atoms. The van der Waals surface area contributed by atoms with Gasteiger partial charge in [0.05, 0.1) is 57.3 Å². The molecule has 0 radical (unpaired) electrons. The molecule has 2 saturated heterocycles. The second-order valence-electron chi connectivity index (χ2n) is 8.43. The Balaban J connectivity index is 1.48. The third-order valence-corrected chi connectivity index (χ3v) is 6.12. The van der Waals surface area contributed by atoms with Gasteiger partial charge in [-0.05, 0) is 19.8 Å². The van der Waals surface area contributed by atoms with Crippen LogP contribution in [0, 0.1) is 6.92 Å².